The van der Waals surface area contributed by atoms with Gasteiger partial charge in [0.25, 0.3) is 0 Å². The zero-order valence-corrected chi connectivity index (χ0v) is 14.0. The maximum atomic E-state index is 12.5. The Morgan fingerprint density at radius 3 is 2.64 bits per heavy atom. The summed E-state index contributed by atoms with van der Waals surface area (Å²) in [6, 6.07) is 10.9. The number of nitrogens with one attached hydrogen (secondary N) is 1. The molecular weight excluding hydrogens is 292 g/mol. The molecule has 4 heteroatoms. The Balaban J connectivity index is 1.63. The third-order valence-corrected chi connectivity index (χ3v) is 6.08. The van der Waals surface area contributed by atoms with Gasteiger partial charge in [0.15, 0.2) is 0 Å². The van der Waals surface area contributed by atoms with Crippen LogP contribution in [0.25, 0.3) is 0 Å². The fraction of sp³-hybridized carbons (Fsp3) is 0.611. The monoisotopic (exact) mass is 318 g/mol. The number of rotatable bonds is 3. The molecule has 2 fully saturated rings. The van der Waals surface area contributed by atoms with E-state index >= 15 is 0 Å². The summed E-state index contributed by atoms with van der Waals surface area (Å²) in [6.07, 6.45) is 6.03. The molecular formula is C18H26N2OS. The molecule has 0 unspecified atom stereocenters. The Bertz CT molecular complexity index is 477. The van der Waals surface area contributed by atoms with E-state index in [2.05, 4.69) is 35.6 Å². The van der Waals surface area contributed by atoms with Gasteiger partial charge in [-0.2, -0.15) is 11.8 Å². The summed E-state index contributed by atoms with van der Waals surface area (Å²) >= 11 is 1.95. The van der Waals surface area contributed by atoms with Crippen molar-refractivity contribution >= 4 is 17.8 Å². The van der Waals surface area contributed by atoms with Crippen LogP contribution in [0.2, 0.25) is 0 Å². The average molecular weight is 318 g/mol. The van der Waals surface area contributed by atoms with E-state index in [1.807, 2.05) is 16.7 Å². The van der Waals surface area contributed by atoms with Crippen LogP contribution >= 0.6 is 11.8 Å². The van der Waals surface area contributed by atoms with Crippen molar-refractivity contribution in [2.24, 2.45) is 0 Å². The van der Waals surface area contributed by atoms with Crippen molar-refractivity contribution in [3.05, 3.63) is 35.9 Å². The van der Waals surface area contributed by atoms with Gasteiger partial charge >= 0.3 is 6.03 Å². The van der Waals surface area contributed by atoms with Crippen molar-refractivity contribution in [1.82, 2.24) is 10.2 Å². The van der Waals surface area contributed by atoms with Gasteiger partial charge in [0.1, 0.15) is 0 Å². The number of urea groups is 1. The fourth-order valence-electron chi connectivity index (χ4n) is 3.72. The summed E-state index contributed by atoms with van der Waals surface area (Å²) in [5.74, 6) is 2.25. The fourth-order valence-corrected chi connectivity index (χ4v) is 4.60. The molecule has 22 heavy (non-hydrogen) atoms. The quantitative estimate of drug-likeness (QED) is 0.922. The van der Waals surface area contributed by atoms with Gasteiger partial charge in [-0.15, -0.1) is 0 Å². The van der Waals surface area contributed by atoms with Crippen LogP contribution in [-0.2, 0) is 5.41 Å². The first-order valence-electron chi connectivity index (χ1n) is 8.46. The minimum absolute atomic E-state index is 0.129. The SMILES string of the molecule is O=C(NCC1(c2ccccc2)CCCC1)N1CCCSCC1. The Hall–Kier alpha value is -1.16. The lowest BCUT2D eigenvalue weighted by Gasteiger charge is -2.31. The third-order valence-electron chi connectivity index (χ3n) is 5.03. The zero-order chi connectivity index (χ0) is 15.3. The van der Waals surface area contributed by atoms with Crippen LogP contribution in [-0.4, -0.2) is 42.1 Å². The highest BCUT2D eigenvalue weighted by atomic mass is 32.2. The first-order valence-corrected chi connectivity index (χ1v) is 9.62. The lowest BCUT2D eigenvalue weighted by atomic mass is 9.79. The van der Waals surface area contributed by atoms with E-state index in [1.165, 1.54) is 37.0 Å². The van der Waals surface area contributed by atoms with E-state index in [0.717, 1.165) is 31.8 Å². The van der Waals surface area contributed by atoms with E-state index in [9.17, 15) is 4.79 Å². The summed E-state index contributed by atoms with van der Waals surface area (Å²) in [5, 5.41) is 3.24. The predicted molar refractivity (Wildman–Crippen MR) is 93.5 cm³/mol. The molecule has 1 saturated heterocycles. The van der Waals surface area contributed by atoms with Gasteiger partial charge in [-0.1, -0.05) is 43.2 Å². The standard InChI is InChI=1S/C18H26N2OS/c21-17(20-11-6-13-22-14-12-20)19-15-18(9-4-5-10-18)16-7-2-1-3-8-16/h1-3,7-8H,4-6,9-15H2,(H,19,21). The molecule has 2 aliphatic rings. The Morgan fingerprint density at radius 1 is 1.09 bits per heavy atom. The minimum atomic E-state index is 0.129. The molecule has 3 rings (SSSR count). The van der Waals surface area contributed by atoms with Crippen molar-refractivity contribution in [2.75, 3.05) is 31.1 Å². The summed E-state index contributed by atoms with van der Waals surface area (Å²) in [5.41, 5.74) is 1.54. The van der Waals surface area contributed by atoms with Crippen molar-refractivity contribution in [3.63, 3.8) is 0 Å². The summed E-state index contributed by atoms with van der Waals surface area (Å²) in [7, 11) is 0. The Morgan fingerprint density at radius 2 is 1.86 bits per heavy atom. The molecule has 1 heterocycles. The topological polar surface area (TPSA) is 32.3 Å². The van der Waals surface area contributed by atoms with Gasteiger partial charge in [-0.25, -0.2) is 4.79 Å². The molecule has 1 aromatic rings. The average Bonchev–Trinajstić information content (AvgIpc) is 2.88. The molecule has 0 aromatic heterocycles. The lowest BCUT2D eigenvalue weighted by molar-refractivity contribution is 0.198. The van der Waals surface area contributed by atoms with Gasteiger partial charge in [0.05, 0.1) is 0 Å². The normalized spacial score (nSPS) is 21.4. The number of hydrogen-bond acceptors (Lipinski definition) is 2. The molecule has 2 amide bonds. The van der Waals surface area contributed by atoms with Gasteiger partial charge in [-0.05, 0) is 30.6 Å². The van der Waals surface area contributed by atoms with Crippen molar-refractivity contribution in [1.29, 1.82) is 0 Å². The molecule has 3 nitrogen and oxygen atoms in total. The molecule has 1 aliphatic heterocycles. The molecule has 0 spiro atoms. The largest absolute Gasteiger partial charge is 0.337 e. The van der Waals surface area contributed by atoms with Gasteiger partial charge in [-0.3, -0.25) is 0 Å². The first kappa shape index (κ1) is 15.7. The number of hydrogen-bond donors (Lipinski definition) is 1. The van der Waals surface area contributed by atoms with Crippen molar-refractivity contribution in [3.8, 4) is 0 Å². The highest BCUT2D eigenvalue weighted by Crippen LogP contribution is 2.40. The van der Waals surface area contributed by atoms with Gasteiger partial charge in [0, 0.05) is 30.8 Å². The second-order valence-electron chi connectivity index (χ2n) is 6.47. The summed E-state index contributed by atoms with van der Waals surface area (Å²) in [6.45, 7) is 2.56. The number of carbonyl (C=O) groups excluding carboxylic acids is 1. The maximum Gasteiger partial charge on any atom is 0.317 e. The van der Waals surface area contributed by atoms with Gasteiger partial charge in [0.2, 0.25) is 0 Å². The zero-order valence-electron chi connectivity index (χ0n) is 13.2. The predicted octanol–water partition coefficient (Wildman–Crippen LogP) is 3.65. The Labute approximate surface area is 137 Å². The van der Waals surface area contributed by atoms with Crippen molar-refractivity contribution < 1.29 is 4.79 Å². The van der Waals surface area contributed by atoms with Crippen LogP contribution in [0.4, 0.5) is 4.79 Å². The highest BCUT2D eigenvalue weighted by molar-refractivity contribution is 7.99. The third kappa shape index (κ3) is 3.60. The second kappa shape index (κ2) is 7.40. The molecule has 1 aromatic carbocycles. The first-order chi connectivity index (χ1) is 10.8. The smallest absolute Gasteiger partial charge is 0.317 e. The van der Waals surface area contributed by atoms with E-state index in [4.69, 9.17) is 0 Å². The minimum Gasteiger partial charge on any atom is -0.337 e. The molecule has 1 aliphatic carbocycles. The number of amides is 2. The molecule has 120 valence electrons. The molecule has 1 N–H and O–H groups in total. The molecule has 1 saturated carbocycles. The van der Waals surface area contributed by atoms with Crippen LogP contribution < -0.4 is 5.32 Å². The van der Waals surface area contributed by atoms with Crippen LogP contribution in [0, 0.1) is 0 Å². The summed E-state index contributed by atoms with van der Waals surface area (Å²) < 4.78 is 0. The van der Waals surface area contributed by atoms with Crippen LogP contribution in [0.15, 0.2) is 30.3 Å². The number of nitrogens with zero attached hydrogens (tertiary/aromatic N) is 1. The summed E-state index contributed by atoms with van der Waals surface area (Å²) in [4.78, 5) is 14.5. The van der Waals surface area contributed by atoms with Crippen LogP contribution in [0.1, 0.15) is 37.7 Å². The van der Waals surface area contributed by atoms with Crippen LogP contribution in [0.3, 0.4) is 0 Å². The molecule has 0 bridgehead atoms. The second-order valence-corrected chi connectivity index (χ2v) is 7.69. The number of carbonyl (C=O) groups is 1. The van der Waals surface area contributed by atoms with Gasteiger partial charge < -0.3 is 10.2 Å². The lowest BCUT2D eigenvalue weighted by Crippen LogP contribution is -2.46. The van der Waals surface area contributed by atoms with Crippen molar-refractivity contribution in [2.45, 2.75) is 37.5 Å². The van der Waals surface area contributed by atoms with E-state index in [-0.39, 0.29) is 11.4 Å². The van der Waals surface area contributed by atoms with E-state index < -0.39 is 0 Å². The van der Waals surface area contributed by atoms with Crippen LogP contribution in [0.5, 0.6) is 0 Å². The molecule has 0 radical (unpaired) electrons. The van der Waals surface area contributed by atoms with E-state index in [0.29, 0.717) is 0 Å². The number of thioether (sulfide) groups is 1. The molecule has 0 atom stereocenters. The Kier molecular flexibility index (Phi) is 5.29. The number of benzene rings is 1. The highest BCUT2D eigenvalue weighted by Gasteiger charge is 2.36. The van der Waals surface area contributed by atoms with E-state index in [1.54, 1.807) is 0 Å². The maximum absolute atomic E-state index is 12.5.